The van der Waals surface area contributed by atoms with Gasteiger partial charge in [-0.1, -0.05) is 60.7 Å². The summed E-state index contributed by atoms with van der Waals surface area (Å²) in [6.45, 7) is 2.49. The molecular weight excluding hydrogens is 284 g/mol. The van der Waals surface area contributed by atoms with E-state index in [0.29, 0.717) is 6.54 Å². The van der Waals surface area contributed by atoms with Crippen molar-refractivity contribution in [3.8, 4) is 0 Å². The molecule has 0 atom stereocenters. The fourth-order valence-corrected chi connectivity index (χ4v) is 3.35. The number of hydrogen-bond acceptors (Lipinski definition) is 2. The van der Waals surface area contributed by atoms with E-state index in [1.54, 1.807) is 0 Å². The monoisotopic (exact) mass is 308 g/mol. The molecule has 3 heteroatoms. The third-order valence-corrected chi connectivity index (χ3v) is 4.90. The van der Waals surface area contributed by atoms with Crippen molar-refractivity contribution in [2.45, 2.75) is 24.8 Å². The quantitative estimate of drug-likeness (QED) is 0.942. The minimum Gasteiger partial charge on any atom is -0.351 e. The van der Waals surface area contributed by atoms with E-state index in [9.17, 15) is 4.79 Å². The van der Waals surface area contributed by atoms with Gasteiger partial charge in [-0.15, -0.1) is 0 Å². The van der Waals surface area contributed by atoms with E-state index in [0.717, 1.165) is 37.1 Å². The number of likely N-dealkylation sites (tertiary alicyclic amines) is 1. The lowest BCUT2D eigenvalue weighted by molar-refractivity contribution is -0.128. The number of amides is 1. The van der Waals surface area contributed by atoms with Crippen LogP contribution in [0.2, 0.25) is 0 Å². The van der Waals surface area contributed by atoms with Gasteiger partial charge in [0.15, 0.2) is 0 Å². The number of carbonyl (C=O) groups is 1. The molecule has 1 aliphatic heterocycles. The minimum absolute atomic E-state index is 0.153. The fourth-order valence-electron chi connectivity index (χ4n) is 3.35. The van der Waals surface area contributed by atoms with Crippen LogP contribution in [0.5, 0.6) is 0 Å². The van der Waals surface area contributed by atoms with Crippen LogP contribution in [0.25, 0.3) is 0 Å². The van der Waals surface area contributed by atoms with Gasteiger partial charge in [0.05, 0.1) is 5.41 Å². The molecule has 0 radical (unpaired) electrons. The van der Waals surface area contributed by atoms with Crippen molar-refractivity contribution in [1.29, 1.82) is 0 Å². The Kier molecular flexibility index (Phi) is 4.77. The van der Waals surface area contributed by atoms with E-state index in [1.165, 1.54) is 0 Å². The van der Waals surface area contributed by atoms with Crippen molar-refractivity contribution in [1.82, 2.24) is 10.2 Å². The maximum atomic E-state index is 13.1. The molecule has 2 aromatic carbocycles. The number of nitrogens with one attached hydrogen (secondary N) is 1. The summed E-state index contributed by atoms with van der Waals surface area (Å²) in [5.74, 6) is 0.153. The second-order valence-electron chi connectivity index (χ2n) is 6.42. The van der Waals surface area contributed by atoms with Crippen molar-refractivity contribution >= 4 is 5.91 Å². The molecule has 0 aromatic heterocycles. The maximum absolute atomic E-state index is 13.1. The highest BCUT2D eigenvalue weighted by molar-refractivity contribution is 5.88. The highest BCUT2D eigenvalue weighted by Crippen LogP contribution is 2.35. The Balaban J connectivity index is 1.79. The van der Waals surface area contributed by atoms with Gasteiger partial charge < -0.3 is 10.2 Å². The van der Waals surface area contributed by atoms with Crippen LogP contribution in [0, 0.1) is 0 Å². The molecule has 0 aliphatic carbocycles. The van der Waals surface area contributed by atoms with Crippen LogP contribution < -0.4 is 5.32 Å². The van der Waals surface area contributed by atoms with Crippen LogP contribution in [0.3, 0.4) is 0 Å². The zero-order chi connectivity index (χ0) is 16.1. The molecule has 0 bridgehead atoms. The molecule has 0 unspecified atom stereocenters. The first-order valence-electron chi connectivity index (χ1n) is 8.27. The van der Waals surface area contributed by atoms with E-state index in [4.69, 9.17) is 0 Å². The summed E-state index contributed by atoms with van der Waals surface area (Å²) in [5, 5.41) is 3.17. The lowest BCUT2D eigenvalue weighted by Gasteiger charge is -2.39. The van der Waals surface area contributed by atoms with Crippen LogP contribution in [0.15, 0.2) is 60.7 Å². The van der Waals surface area contributed by atoms with E-state index in [1.807, 2.05) is 48.5 Å². The maximum Gasteiger partial charge on any atom is 0.231 e. The summed E-state index contributed by atoms with van der Waals surface area (Å²) in [5.41, 5.74) is 1.87. The summed E-state index contributed by atoms with van der Waals surface area (Å²) >= 11 is 0. The molecule has 23 heavy (non-hydrogen) atoms. The van der Waals surface area contributed by atoms with Crippen LogP contribution in [0.1, 0.15) is 24.0 Å². The van der Waals surface area contributed by atoms with Crippen molar-refractivity contribution < 1.29 is 4.79 Å². The van der Waals surface area contributed by atoms with E-state index in [-0.39, 0.29) is 5.91 Å². The van der Waals surface area contributed by atoms with Gasteiger partial charge in [-0.05, 0) is 44.1 Å². The summed E-state index contributed by atoms with van der Waals surface area (Å²) in [6, 6.07) is 20.3. The third-order valence-electron chi connectivity index (χ3n) is 4.90. The second kappa shape index (κ2) is 6.97. The Labute approximate surface area is 138 Å². The lowest BCUT2D eigenvalue weighted by Crippen LogP contribution is -2.50. The average Bonchev–Trinajstić information content (AvgIpc) is 2.62. The summed E-state index contributed by atoms with van der Waals surface area (Å²) in [6.07, 6.45) is 1.74. The molecule has 1 saturated heterocycles. The number of nitrogens with zero attached hydrogens (tertiary/aromatic N) is 1. The predicted octanol–water partition coefficient (Wildman–Crippen LogP) is 2.97. The van der Waals surface area contributed by atoms with E-state index in [2.05, 4.69) is 29.4 Å². The second-order valence-corrected chi connectivity index (χ2v) is 6.42. The predicted molar refractivity (Wildman–Crippen MR) is 93.1 cm³/mol. The molecule has 1 heterocycles. The first-order valence-corrected chi connectivity index (χ1v) is 8.27. The number of piperidine rings is 1. The molecule has 2 aromatic rings. The van der Waals surface area contributed by atoms with Gasteiger partial charge in [-0.3, -0.25) is 4.79 Å². The van der Waals surface area contributed by atoms with Crippen molar-refractivity contribution in [2.24, 2.45) is 0 Å². The Hall–Kier alpha value is -2.13. The zero-order valence-electron chi connectivity index (χ0n) is 13.7. The number of rotatable bonds is 4. The smallest absolute Gasteiger partial charge is 0.231 e. The molecular formula is C20H24N2O. The molecule has 3 rings (SSSR count). The third kappa shape index (κ3) is 3.45. The Morgan fingerprint density at radius 1 is 1.00 bits per heavy atom. The number of carbonyl (C=O) groups excluding carboxylic acids is 1. The van der Waals surface area contributed by atoms with Crippen LogP contribution in [0.4, 0.5) is 0 Å². The fraction of sp³-hybridized carbons (Fsp3) is 0.350. The highest BCUT2D eigenvalue weighted by atomic mass is 16.2. The average molecular weight is 308 g/mol. The minimum atomic E-state index is -0.400. The van der Waals surface area contributed by atoms with Crippen molar-refractivity contribution in [2.75, 3.05) is 20.1 Å². The number of benzene rings is 2. The van der Waals surface area contributed by atoms with Crippen molar-refractivity contribution in [3.05, 3.63) is 71.8 Å². The Morgan fingerprint density at radius 2 is 1.57 bits per heavy atom. The molecule has 1 aliphatic rings. The molecule has 0 spiro atoms. The molecule has 1 fully saturated rings. The topological polar surface area (TPSA) is 32.3 Å². The summed E-state index contributed by atoms with van der Waals surface area (Å²) in [7, 11) is 2.12. The molecule has 0 saturated carbocycles. The number of hydrogen-bond donors (Lipinski definition) is 1. The van der Waals surface area contributed by atoms with Crippen molar-refractivity contribution in [3.63, 3.8) is 0 Å². The standard InChI is InChI=1S/C20H24N2O/c1-22-14-12-20(13-15-22,18-10-6-3-7-11-18)19(23)21-16-17-8-4-2-5-9-17/h2-11H,12-16H2,1H3,(H,21,23). The molecule has 3 nitrogen and oxygen atoms in total. The van der Waals surface area contributed by atoms with Gasteiger partial charge in [0.1, 0.15) is 0 Å². The first kappa shape index (κ1) is 15.8. The normalized spacial score (nSPS) is 17.6. The summed E-state index contributed by atoms with van der Waals surface area (Å²) < 4.78 is 0. The largest absolute Gasteiger partial charge is 0.351 e. The lowest BCUT2D eigenvalue weighted by atomic mass is 9.72. The molecule has 1 N–H and O–H groups in total. The van der Waals surface area contributed by atoms with E-state index >= 15 is 0 Å². The van der Waals surface area contributed by atoms with Crippen LogP contribution in [-0.4, -0.2) is 30.9 Å². The van der Waals surface area contributed by atoms with Gasteiger partial charge in [0.2, 0.25) is 5.91 Å². The summed E-state index contributed by atoms with van der Waals surface area (Å²) in [4.78, 5) is 15.4. The first-order chi connectivity index (χ1) is 11.2. The van der Waals surface area contributed by atoms with Crippen LogP contribution in [-0.2, 0) is 16.8 Å². The van der Waals surface area contributed by atoms with Gasteiger partial charge in [-0.25, -0.2) is 0 Å². The van der Waals surface area contributed by atoms with Crippen LogP contribution >= 0.6 is 0 Å². The van der Waals surface area contributed by atoms with Gasteiger partial charge >= 0.3 is 0 Å². The van der Waals surface area contributed by atoms with Gasteiger partial charge in [0.25, 0.3) is 0 Å². The Bertz CT molecular complexity index is 631. The molecule has 1 amide bonds. The van der Waals surface area contributed by atoms with Gasteiger partial charge in [0, 0.05) is 6.54 Å². The highest BCUT2D eigenvalue weighted by Gasteiger charge is 2.41. The zero-order valence-corrected chi connectivity index (χ0v) is 13.7. The molecule has 120 valence electrons. The van der Waals surface area contributed by atoms with Gasteiger partial charge in [-0.2, -0.15) is 0 Å². The van der Waals surface area contributed by atoms with E-state index < -0.39 is 5.41 Å². The Morgan fingerprint density at radius 3 is 2.17 bits per heavy atom. The SMILES string of the molecule is CN1CCC(C(=O)NCc2ccccc2)(c2ccccc2)CC1.